The maximum atomic E-state index is 12.4. The highest BCUT2D eigenvalue weighted by Crippen LogP contribution is 2.20. The van der Waals surface area contributed by atoms with Gasteiger partial charge in [-0.3, -0.25) is 14.8 Å². The molecule has 0 aliphatic carbocycles. The summed E-state index contributed by atoms with van der Waals surface area (Å²) in [5.74, 6) is 3.01. The lowest BCUT2D eigenvalue weighted by Crippen LogP contribution is -2.18. The van der Waals surface area contributed by atoms with Gasteiger partial charge in [-0.1, -0.05) is 36.4 Å². The lowest BCUT2D eigenvalue weighted by molar-refractivity contribution is 0.414. The highest BCUT2D eigenvalue weighted by Gasteiger charge is 2.05. The first-order valence-electron chi connectivity index (χ1n) is 10.1. The molecule has 0 radical (unpaired) electrons. The number of pyridine rings is 1. The minimum absolute atomic E-state index is 0.124. The van der Waals surface area contributed by atoms with Crippen LogP contribution in [0.15, 0.2) is 71.8 Å². The molecule has 0 atom stereocenters. The van der Waals surface area contributed by atoms with Crippen LogP contribution in [0.1, 0.15) is 16.8 Å². The summed E-state index contributed by atoms with van der Waals surface area (Å²) >= 11 is 1.80. The smallest absolute Gasteiger partial charge is 0.255 e. The predicted molar refractivity (Wildman–Crippen MR) is 127 cm³/mol. The van der Waals surface area contributed by atoms with Crippen LogP contribution in [0.25, 0.3) is 10.8 Å². The fourth-order valence-electron chi connectivity index (χ4n) is 3.31. The number of fused-ring (bicyclic) bond motifs is 1. The number of aromatic amines is 1. The number of hydrogen-bond donors (Lipinski definition) is 2. The van der Waals surface area contributed by atoms with Crippen molar-refractivity contribution >= 4 is 28.5 Å². The molecule has 6 nitrogen and oxygen atoms in total. The molecule has 0 aliphatic heterocycles. The molecule has 7 heteroatoms. The Morgan fingerprint density at radius 3 is 2.71 bits per heavy atom. The maximum Gasteiger partial charge on any atom is 0.255 e. The Labute approximate surface area is 185 Å². The Balaban J connectivity index is 1.27. The van der Waals surface area contributed by atoms with E-state index in [0.717, 1.165) is 28.5 Å². The van der Waals surface area contributed by atoms with Gasteiger partial charge < -0.3 is 10.1 Å². The van der Waals surface area contributed by atoms with E-state index in [1.54, 1.807) is 25.1 Å². The van der Waals surface area contributed by atoms with E-state index in [2.05, 4.69) is 32.4 Å². The van der Waals surface area contributed by atoms with Gasteiger partial charge in [0, 0.05) is 47.8 Å². The largest absolute Gasteiger partial charge is 0.497 e. The topological polar surface area (TPSA) is 79.9 Å². The van der Waals surface area contributed by atoms with Crippen molar-refractivity contribution in [3.8, 4) is 5.75 Å². The van der Waals surface area contributed by atoms with Crippen LogP contribution in [0.2, 0.25) is 0 Å². The Morgan fingerprint density at radius 1 is 1.06 bits per heavy atom. The van der Waals surface area contributed by atoms with Gasteiger partial charge in [-0.25, -0.2) is 4.98 Å². The molecule has 0 amide bonds. The monoisotopic (exact) mass is 432 g/mol. The number of ether oxygens (including phenoxy) is 1. The van der Waals surface area contributed by atoms with Gasteiger partial charge in [-0.2, -0.15) is 11.8 Å². The number of aromatic nitrogens is 3. The first kappa shape index (κ1) is 20.9. The highest BCUT2D eigenvalue weighted by molar-refractivity contribution is 7.98. The maximum absolute atomic E-state index is 12.4. The standard InChI is InChI=1S/C24H24N4O2S/c1-30-20-8-6-17(7-9-20)14-19-15-27-24(28-23(19)29)26-12-13-31-16-22-21-5-3-2-4-18(21)10-11-25-22/h2-11,15H,12-14,16H2,1H3,(H2,26,27,28,29). The fraction of sp³-hybridized carbons (Fsp3) is 0.208. The second-order valence-corrected chi connectivity index (χ2v) is 8.17. The van der Waals surface area contributed by atoms with Crippen LogP contribution in [0.5, 0.6) is 5.75 Å². The third-order valence-corrected chi connectivity index (χ3v) is 5.93. The van der Waals surface area contributed by atoms with Crippen LogP contribution in [-0.2, 0) is 12.2 Å². The van der Waals surface area contributed by atoms with Crippen LogP contribution >= 0.6 is 11.8 Å². The summed E-state index contributed by atoms with van der Waals surface area (Å²) in [7, 11) is 1.63. The van der Waals surface area contributed by atoms with Crippen LogP contribution in [0.4, 0.5) is 5.95 Å². The van der Waals surface area contributed by atoms with Crippen molar-refractivity contribution in [3.05, 3.63) is 94.2 Å². The SMILES string of the molecule is COc1ccc(Cc2cnc(NCCSCc3nccc4ccccc34)[nH]c2=O)cc1. The van der Waals surface area contributed by atoms with E-state index < -0.39 is 0 Å². The van der Waals surface area contributed by atoms with E-state index in [9.17, 15) is 4.79 Å². The van der Waals surface area contributed by atoms with Gasteiger partial charge in [0.05, 0.1) is 12.8 Å². The Hall–Kier alpha value is -3.32. The summed E-state index contributed by atoms with van der Waals surface area (Å²) in [5, 5.41) is 5.60. The minimum atomic E-state index is -0.124. The number of anilines is 1. The molecule has 0 spiro atoms. The van der Waals surface area contributed by atoms with Crippen LogP contribution in [0, 0.1) is 0 Å². The lowest BCUT2D eigenvalue weighted by Gasteiger charge is -2.08. The van der Waals surface area contributed by atoms with Crippen molar-refractivity contribution < 1.29 is 4.74 Å². The number of rotatable bonds is 9. The van der Waals surface area contributed by atoms with Crippen LogP contribution in [-0.4, -0.2) is 34.4 Å². The molecule has 2 aromatic carbocycles. The van der Waals surface area contributed by atoms with E-state index in [-0.39, 0.29) is 5.56 Å². The number of H-pyrrole nitrogens is 1. The van der Waals surface area contributed by atoms with Gasteiger partial charge in [-0.05, 0) is 29.1 Å². The zero-order valence-corrected chi connectivity index (χ0v) is 18.1. The zero-order chi connectivity index (χ0) is 21.5. The third-order valence-electron chi connectivity index (χ3n) is 4.96. The molecular weight excluding hydrogens is 408 g/mol. The number of nitrogens with one attached hydrogen (secondary N) is 2. The lowest BCUT2D eigenvalue weighted by atomic mass is 10.1. The van der Waals surface area contributed by atoms with Gasteiger partial charge in [0.2, 0.25) is 5.95 Å². The van der Waals surface area contributed by atoms with Crippen molar-refractivity contribution in [2.45, 2.75) is 12.2 Å². The highest BCUT2D eigenvalue weighted by atomic mass is 32.2. The molecule has 31 heavy (non-hydrogen) atoms. The second kappa shape index (κ2) is 10.1. The molecule has 0 unspecified atom stereocenters. The van der Waals surface area contributed by atoms with Gasteiger partial charge in [0.1, 0.15) is 5.75 Å². The van der Waals surface area contributed by atoms with E-state index in [1.165, 1.54) is 10.8 Å². The Kier molecular flexibility index (Phi) is 6.84. The van der Waals surface area contributed by atoms with Crippen molar-refractivity contribution in [1.29, 1.82) is 0 Å². The van der Waals surface area contributed by atoms with E-state index in [0.29, 0.717) is 24.5 Å². The molecule has 158 valence electrons. The molecule has 0 fully saturated rings. The molecule has 2 heterocycles. The van der Waals surface area contributed by atoms with E-state index >= 15 is 0 Å². The summed E-state index contributed by atoms with van der Waals surface area (Å²) < 4.78 is 5.16. The number of methoxy groups -OCH3 is 1. The molecule has 0 bridgehead atoms. The average molecular weight is 433 g/mol. The number of benzene rings is 2. The fourth-order valence-corrected chi connectivity index (χ4v) is 4.12. The third kappa shape index (κ3) is 5.44. The summed E-state index contributed by atoms with van der Waals surface area (Å²) in [5.41, 5.74) is 2.64. The molecular formula is C24H24N4O2S. The van der Waals surface area contributed by atoms with Gasteiger partial charge in [0.15, 0.2) is 0 Å². The summed E-state index contributed by atoms with van der Waals surface area (Å²) in [6, 6.07) is 18.0. The number of nitrogens with zero attached hydrogens (tertiary/aromatic N) is 2. The predicted octanol–water partition coefficient (Wildman–Crippen LogP) is 4.26. The van der Waals surface area contributed by atoms with E-state index in [1.807, 2.05) is 48.7 Å². The van der Waals surface area contributed by atoms with E-state index in [4.69, 9.17) is 4.74 Å². The molecule has 2 aromatic heterocycles. The van der Waals surface area contributed by atoms with Crippen molar-refractivity contribution in [3.63, 3.8) is 0 Å². The van der Waals surface area contributed by atoms with Crippen LogP contribution < -0.4 is 15.6 Å². The van der Waals surface area contributed by atoms with Gasteiger partial charge >= 0.3 is 0 Å². The molecule has 0 saturated carbocycles. The molecule has 0 aliphatic rings. The zero-order valence-electron chi connectivity index (χ0n) is 17.3. The Morgan fingerprint density at radius 2 is 1.90 bits per heavy atom. The normalized spacial score (nSPS) is 10.9. The average Bonchev–Trinajstić information content (AvgIpc) is 2.81. The Bertz CT molecular complexity index is 1200. The minimum Gasteiger partial charge on any atom is -0.497 e. The summed E-state index contributed by atoms with van der Waals surface area (Å²) in [6.07, 6.45) is 4.03. The first-order valence-corrected chi connectivity index (χ1v) is 11.2. The van der Waals surface area contributed by atoms with Crippen molar-refractivity contribution in [1.82, 2.24) is 15.0 Å². The first-order chi connectivity index (χ1) is 15.2. The molecule has 2 N–H and O–H groups in total. The van der Waals surface area contributed by atoms with Gasteiger partial charge in [0.25, 0.3) is 5.56 Å². The quantitative estimate of drug-likeness (QED) is 0.385. The van der Waals surface area contributed by atoms with Crippen molar-refractivity contribution in [2.24, 2.45) is 0 Å². The summed E-state index contributed by atoms with van der Waals surface area (Å²) in [4.78, 5) is 24.1. The molecule has 4 rings (SSSR count). The molecule has 4 aromatic rings. The molecule has 0 saturated heterocycles. The summed E-state index contributed by atoms with van der Waals surface area (Å²) in [6.45, 7) is 0.705. The number of hydrogen-bond acceptors (Lipinski definition) is 6. The van der Waals surface area contributed by atoms with Crippen LogP contribution in [0.3, 0.4) is 0 Å². The van der Waals surface area contributed by atoms with Crippen molar-refractivity contribution in [2.75, 3.05) is 24.7 Å². The van der Waals surface area contributed by atoms with Gasteiger partial charge in [-0.15, -0.1) is 0 Å². The second-order valence-electron chi connectivity index (χ2n) is 7.07. The number of thioether (sulfide) groups is 1.